The lowest BCUT2D eigenvalue weighted by molar-refractivity contribution is -0.117. The Labute approximate surface area is 149 Å². The Balaban J connectivity index is 2.05. The van der Waals surface area contributed by atoms with Crippen LogP contribution < -0.4 is 5.32 Å². The first-order chi connectivity index (χ1) is 11.6. The van der Waals surface area contributed by atoms with E-state index in [1.165, 1.54) is 0 Å². The first kappa shape index (κ1) is 19.0. The van der Waals surface area contributed by atoms with Crippen molar-refractivity contribution in [3.63, 3.8) is 0 Å². The van der Waals surface area contributed by atoms with Gasteiger partial charge in [-0.15, -0.1) is 0 Å². The fourth-order valence-electron chi connectivity index (χ4n) is 2.68. The van der Waals surface area contributed by atoms with Gasteiger partial charge in [-0.05, 0) is 59.4 Å². The van der Waals surface area contributed by atoms with Crippen LogP contribution in [0.2, 0.25) is 0 Å². The molecular formula is C19H28N4O2. The van der Waals surface area contributed by atoms with E-state index in [0.717, 1.165) is 11.3 Å². The van der Waals surface area contributed by atoms with Gasteiger partial charge >= 0.3 is 0 Å². The number of likely N-dealkylation sites (N-methyl/N-ethyl adjacent to an activating group) is 1. The van der Waals surface area contributed by atoms with E-state index in [-0.39, 0.29) is 29.8 Å². The van der Waals surface area contributed by atoms with E-state index in [0.29, 0.717) is 5.82 Å². The molecule has 0 saturated carbocycles. The van der Waals surface area contributed by atoms with Gasteiger partial charge in [0.05, 0.1) is 17.8 Å². The smallest absolute Gasteiger partial charge is 0.239 e. The number of hydrogen-bond donors (Lipinski definition) is 2. The molecule has 0 aliphatic heterocycles. The van der Waals surface area contributed by atoms with Gasteiger partial charge in [-0.3, -0.25) is 9.69 Å². The van der Waals surface area contributed by atoms with Crippen LogP contribution in [0.15, 0.2) is 30.3 Å². The van der Waals surface area contributed by atoms with Crippen LogP contribution >= 0.6 is 0 Å². The number of carbonyl (C=O) groups is 1. The highest BCUT2D eigenvalue weighted by molar-refractivity contribution is 5.91. The van der Waals surface area contributed by atoms with Gasteiger partial charge in [0, 0.05) is 12.1 Å². The number of aromatic nitrogens is 2. The third kappa shape index (κ3) is 4.82. The van der Waals surface area contributed by atoms with Crippen LogP contribution in [0.5, 0.6) is 5.75 Å². The zero-order chi connectivity index (χ0) is 18.8. The topological polar surface area (TPSA) is 70.4 Å². The molecule has 1 unspecified atom stereocenters. The first-order valence-corrected chi connectivity index (χ1v) is 8.44. The van der Waals surface area contributed by atoms with Crippen molar-refractivity contribution in [3.05, 3.63) is 41.6 Å². The fraction of sp³-hybridized carbons (Fsp3) is 0.474. The lowest BCUT2D eigenvalue weighted by atomic mass is 10.1. The summed E-state index contributed by atoms with van der Waals surface area (Å²) in [6, 6.07) is 8.99. The van der Waals surface area contributed by atoms with Crippen LogP contribution in [-0.4, -0.2) is 39.3 Å². The summed E-state index contributed by atoms with van der Waals surface area (Å²) in [6.45, 7) is 10.3. The van der Waals surface area contributed by atoms with E-state index in [4.69, 9.17) is 0 Å². The van der Waals surface area contributed by atoms with Crippen molar-refractivity contribution in [1.82, 2.24) is 14.7 Å². The number of anilines is 1. The van der Waals surface area contributed by atoms with Crippen LogP contribution in [0, 0.1) is 6.92 Å². The summed E-state index contributed by atoms with van der Waals surface area (Å²) in [4.78, 5) is 14.4. The summed E-state index contributed by atoms with van der Waals surface area (Å²) in [6.07, 6.45) is 0. The highest BCUT2D eigenvalue weighted by Crippen LogP contribution is 2.23. The molecule has 0 saturated heterocycles. The summed E-state index contributed by atoms with van der Waals surface area (Å²) >= 11 is 0. The number of phenolic OH excluding ortho intramolecular Hbond substituents is 1. The molecule has 0 bridgehead atoms. The number of rotatable bonds is 5. The molecular weight excluding hydrogens is 316 g/mol. The molecule has 6 heteroatoms. The molecule has 0 fully saturated rings. The maximum atomic E-state index is 12.5. The monoisotopic (exact) mass is 344 g/mol. The third-order valence-corrected chi connectivity index (χ3v) is 4.14. The molecule has 0 aliphatic carbocycles. The minimum Gasteiger partial charge on any atom is -0.508 e. The number of benzene rings is 1. The number of hydrogen-bond acceptors (Lipinski definition) is 4. The highest BCUT2D eigenvalue weighted by Gasteiger charge is 2.21. The van der Waals surface area contributed by atoms with Crippen molar-refractivity contribution in [2.75, 3.05) is 18.9 Å². The largest absolute Gasteiger partial charge is 0.508 e. The van der Waals surface area contributed by atoms with Gasteiger partial charge in [-0.25, -0.2) is 4.68 Å². The maximum Gasteiger partial charge on any atom is 0.239 e. The Morgan fingerprint density at radius 2 is 2.04 bits per heavy atom. The quantitative estimate of drug-likeness (QED) is 0.873. The summed E-state index contributed by atoms with van der Waals surface area (Å²) in [5.41, 5.74) is 1.62. The van der Waals surface area contributed by atoms with Crippen LogP contribution in [0.3, 0.4) is 0 Å². The van der Waals surface area contributed by atoms with Crippen molar-refractivity contribution in [2.45, 2.75) is 46.2 Å². The molecule has 0 radical (unpaired) electrons. The van der Waals surface area contributed by atoms with Gasteiger partial charge in [0.1, 0.15) is 11.6 Å². The zero-order valence-electron chi connectivity index (χ0n) is 15.9. The molecule has 136 valence electrons. The van der Waals surface area contributed by atoms with Gasteiger partial charge in [-0.1, -0.05) is 12.1 Å². The molecule has 1 atom stereocenters. The molecule has 0 spiro atoms. The minimum absolute atomic E-state index is 0.00659. The number of phenols is 1. The van der Waals surface area contributed by atoms with Crippen molar-refractivity contribution in [3.8, 4) is 5.75 Å². The summed E-state index contributed by atoms with van der Waals surface area (Å²) < 4.78 is 1.83. The predicted octanol–water partition coefficient (Wildman–Crippen LogP) is 3.28. The van der Waals surface area contributed by atoms with Crippen LogP contribution in [0.4, 0.5) is 5.82 Å². The summed E-state index contributed by atoms with van der Waals surface area (Å²) in [5, 5.41) is 17.0. The van der Waals surface area contributed by atoms with E-state index < -0.39 is 0 Å². The van der Waals surface area contributed by atoms with E-state index in [1.807, 2.05) is 63.4 Å². The van der Waals surface area contributed by atoms with Crippen LogP contribution in [-0.2, 0) is 10.3 Å². The Hall–Kier alpha value is -2.34. The average Bonchev–Trinajstić information content (AvgIpc) is 2.86. The summed E-state index contributed by atoms with van der Waals surface area (Å²) in [5.74, 6) is 0.833. The maximum absolute atomic E-state index is 12.5. The third-order valence-electron chi connectivity index (χ3n) is 4.14. The Bertz CT molecular complexity index is 746. The molecule has 1 heterocycles. The second-order valence-corrected chi connectivity index (χ2v) is 7.49. The SMILES string of the molecule is Cc1cc(NC(=O)CN(C)C(C)c2cccc(O)c2)n(C(C)(C)C)n1. The van der Waals surface area contributed by atoms with E-state index in [1.54, 1.807) is 18.2 Å². The van der Waals surface area contributed by atoms with E-state index in [2.05, 4.69) is 10.4 Å². The molecule has 1 aromatic carbocycles. The Morgan fingerprint density at radius 1 is 1.36 bits per heavy atom. The van der Waals surface area contributed by atoms with Crippen LogP contribution in [0.1, 0.15) is 45.0 Å². The normalized spacial score (nSPS) is 13.1. The van der Waals surface area contributed by atoms with Gasteiger partial charge in [-0.2, -0.15) is 5.10 Å². The number of aromatic hydroxyl groups is 1. The number of nitrogens with zero attached hydrogens (tertiary/aromatic N) is 3. The standard InChI is InChI=1S/C19H28N4O2/c1-13-10-17(23(21-13)19(3,4)5)20-18(25)12-22(6)14(2)15-8-7-9-16(24)11-15/h7-11,14,24H,12H2,1-6H3,(H,20,25). The lowest BCUT2D eigenvalue weighted by Crippen LogP contribution is -2.34. The molecule has 2 aromatic rings. The predicted molar refractivity (Wildman–Crippen MR) is 99.7 cm³/mol. The molecule has 25 heavy (non-hydrogen) atoms. The fourth-order valence-corrected chi connectivity index (χ4v) is 2.68. The number of amides is 1. The average molecular weight is 344 g/mol. The van der Waals surface area contributed by atoms with Crippen molar-refractivity contribution in [1.29, 1.82) is 0 Å². The second-order valence-electron chi connectivity index (χ2n) is 7.49. The van der Waals surface area contributed by atoms with E-state index >= 15 is 0 Å². The molecule has 1 aromatic heterocycles. The number of nitrogens with one attached hydrogen (secondary N) is 1. The number of carbonyl (C=O) groups excluding carboxylic acids is 1. The summed E-state index contributed by atoms with van der Waals surface area (Å²) in [7, 11) is 1.89. The Morgan fingerprint density at radius 3 is 2.64 bits per heavy atom. The lowest BCUT2D eigenvalue weighted by Gasteiger charge is -2.26. The van der Waals surface area contributed by atoms with Gasteiger partial charge in [0.2, 0.25) is 5.91 Å². The first-order valence-electron chi connectivity index (χ1n) is 8.44. The minimum atomic E-state index is -0.211. The zero-order valence-corrected chi connectivity index (χ0v) is 15.9. The molecule has 0 aliphatic rings. The van der Waals surface area contributed by atoms with Crippen molar-refractivity contribution in [2.24, 2.45) is 0 Å². The van der Waals surface area contributed by atoms with Crippen molar-refractivity contribution < 1.29 is 9.90 Å². The second kappa shape index (κ2) is 7.27. The van der Waals surface area contributed by atoms with Crippen LogP contribution in [0.25, 0.3) is 0 Å². The van der Waals surface area contributed by atoms with E-state index in [9.17, 15) is 9.90 Å². The molecule has 2 rings (SSSR count). The molecule has 1 amide bonds. The molecule has 6 nitrogen and oxygen atoms in total. The highest BCUT2D eigenvalue weighted by atomic mass is 16.3. The van der Waals surface area contributed by atoms with Gasteiger partial charge in [0.25, 0.3) is 0 Å². The molecule has 2 N–H and O–H groups in total. The van der Waals surface area contributed by atoms with Crippen molar-refractivity contribution >= 4 is 11.7 Å². The van der Waals surface area contributed by atoms with Gasteiger partial charge in [0.15, 0.2) is 0 Å². The number of aryl methyl sites for hydroxylation is 1. The van der Waals surface area contributed by atoms with Gasteiger partial charge < -0.3 is 10.4 Å². The Kier molecular flexibility index (Phi) is 5.52.